The largest absolute Gasteiger partial charge is 0.496 e. The van der Waals surface area contributed by atoms with E-state index in [9.17, 15) is 0 Å². The molecule has 0 radical (unpaired) electrons. The highest BCUT2D eigenvalue weighted by molar-refractivity contribution is 5.61. The zero-order valence-corrected chi connectivity index (χ0v) is 13.0. The molecule has 0 aliphatic carbocycles. The Morgan fingerprint density at radius 2 is 1.81 bits per heavy atom. The highest BCUT2D eigenvalue weighted by Gasteiger charge is 2.17. The summed E-state index contributed by atoms with van der Waals surface area (Å²) in [7, 11) is 1.69. The molecule has 0 aliphatic heterocycles. The normalized spacial score (nSPS) is 12.0. The molecule has 0 spiro atoms. The van der Waals surface area contributed by atoms with E-state index in [-0.39, 0.29) is 6.04 Å². The summed E-state index contributed by atoms with van der Waals surface area (Å²) >= 11 is 0. The minimum Gasteiger partial charge on any atom is -0.496 e. The molecule has 0 saturated carbocycles. The van der Waals surface area contributed by atoms with Crippen LogP contribution in [-0.2, 0) is 6.54 Å². The third-order valence-electron chi connectivity index (χ3n) is 3.66. The van der Waals surface area contributed by atoms with Crippen molar-refractivity contribution in [3.05, 3.63) is 59.7 Å². The first-order valence-electron chi connectivity index (χ1n) is 7.38. The van der Waals surface area contributed by atoms with Gasteiger partial charge < -0.3 is 15.4 Å². The maximum Gasteiger partial charge on any atom is 0.125 e. The topological polar surface area (TPSA) is 38.5 Å². The zero-order chi connectivity index (χ0) is 15.2. The van der Waals surface area contributed by atoms with Crippen molar-refractivity contribution in [1.29, 1.82) is 0 Å². The van der Waals surface area contributed by atoms with E-state index in [0.29, 0.717) is 0 Å². The van der Waals surface area contributed by atoms with Gasteiger partial charge in [-0.15, -0.1) is 0 Å². The third kappa shape index (κ3) is 3.56. The Kier molecular flexibility index (Phi) is 5.23. The molecule has 0 unspecified atom stereocenters. The Labute approximate surface area is 127 Å². The molecular weight excluding hydrogens is 260 g/mol. The lowest BCUT2D eigenvalue weighted by Gasteiger charge is -2.28. The Morgan fingerprint density at radius 1 is 1.10 bits per heavy atom. The van der Waals surface area contributed by atoms with Gasteiger partial charge in [0.25, 0.3) is 0 Å². The molecule has 2 N–H and O–H groups in total. The van der Waals surface area contributed by atoms with Crippen molar-refractivity contribution in [2.45, 2.75) is 26.4 Å². The van der Waals surface area contributed by atoms with Gasteiger partial charge in [0.1, 0.15) is 5.75 Å². The van der Waals surface area contributed by atoms with Crippen LogP contribution in [-0.4, -0.2) is 13.7 Å². The van der Waals surface area contributed by atoms with E-state index in [1.165, 1.54) is 5.56 Å². The summed E-state index contributed by atoms with van der Waals surface area (Å²) in [6, 6.07) is 16.5. The standard InChI is InChI=1S/C18H24N2O/c1-4-20(13-15-9-6-5-7-10-15)16-11-8-12-17(21-3)18(16)14(2)19/h5-12,14H,4,13,19H2,1-3H3/t14-/m1/s1. The van der Waals surface area contributed by atoms with Gasteiger partial charge in [-0.05, 0) is 31.5 Å². The molecule has 0 heterocycles. The molecule has 0 fully saturated rings. The molecule has 2 rings (SSSR count). The van der Waals surface area contributed by atoms with E-state index < -0.39 is 0 Å². The minimum atomic E-state index is -0.0685. The second kappa shape index (κ2) is 7.14. The van der Waals surface area contributed by atoms with Crippen LogP contribution in [0, 0.1) is 0 Å². The van der Waals surface area contributed by atoms with E-state index in [1.807, 2.05) is 25.1 Å². The Morgan fingerprint density at radius 3 is 2.38 bits per heavy atom. The van der Waals surface area contributed by atoms with Crippen LogP contribution < -0.4 is 15.4 Å². The van der Waals surface area contributed by atoms with Gasteiger partial charge in [-0.3, -0.25) is 0 Å². The molecule has 0 amide bonds. The minimum absolute atomic E-state index is 0.0685. The number of hydrogen-bond acceptors (Lipinski definition) is 3. The highest BCUT2D eigenvalue weighted by atomic mass is 16.5. The molecule has 0 bridgehead atoms. The number of rotatable bonds is 6. The van der Waals surface area contributed by atoms with Crippen molar-refractivity contribution in [2.24, 2.45) is 5.73 Å². The number of methoxy groups -OCH3 is 1. The second-order valence-electron chi connectivity index (χ2n) is 5.18. The van der Waals surface area contributed by atoms with Gasteiger partial charge in [-0.1, -0.05) is 36.4 Å². The molecule has 3 heteroatoms. The van der Waals surface area contributed by atoms with Crippen LogP contribution in [0.25, 0.3) is 0 Å². The molecule has 0 aromatic heterocycles. The lowest BCUT2D eigenvalue weighted by Crippen LogP contribution is -2.25. The molecule has 0 saturated heterocycles. The highest BCUT2D eigenvalue weighted by Crippen LogP contribution is 2.34. The number of nitrogens with zero attached hydrogens (tertiary/aromatic N) is 1. The number of hydrogen-bond donors (Lipinski definition) is 1. The molecule has 21 heavy (non-hydrogen) atoms. The molecule has 0 aliphatic rings. The van der Waals surface area contributed by atoms with Crippen LogP contribution in [0.5, 0.6) is 5.75 Å². The van der Waals surface area contributed by atoms with Crippen molar-refractivity contribution in [2.75, 3.05) is 18.6 Å². The zero-order valence-electron chi connectivity index (χ0n) is 13.0. The van der Waals surface area contributed by atoms with Gasteiger partial charge in [0, 0.05) is 30.4 Å². The summed E-state index contributed by atoms with van der Waals surface area (Å²) in [5, 5.41) is 0. The van der Waals surface area contributed by atoms with Crippen LogP contribution in [0.1, 0.15) is 31.0 Å². The first-order chi connectivity index (χ1) is 10.2. The lowest BCUT2D eigenvalue weighted by molar-refractivity contribution is 0.407. The van der Waals surface area contributed by atoms with E-state index in [0.717, 1.165) is 30.1 Å². The number of anilines is 1. The quantitative estimate of drug-likeness (QED) is 0.878. The SMILES string of the molecule is CCN(Cc1ccccc1)c1cccc(OC)c1[C@@H](C)N. The number of ether oxygens (including phenoxy) is 1. The lowest BCUT2D eigenvalue weighted by atomic mass is 10.0. The summed E-state index contributed by atoms with van der Waals surface area (Å²) < 4.78 is 5.49. The number of benzene rings is 2. The summed E-state index contributed by atoms with van der Waals surface area (Å²) in [6.45, 7) is 5.94. The van der Waals surface area contributed by atoms with E-state index in [1.54, 1.807) is 7.11 Å². The first kappa shape index (κ1) is 15.4. The van der Waals surface area contributed by atoms with Crippen molar-refractivity contribution in [3.63, 3.8) is 0 Å². The first-order valence-corrected chi connectivity index (χ1v) is 7.38. The van der Waals surface area contributed by atoms with Crippen molar-refractivity contribution >= 4 is 5.69 Å². The average molecular weight is 284 g/mol. The van der Waals surface area contributed by atoms with Gasteiger partial charge in [-0.2, -0.15) is 0 Å². The molecule has 112 valence electrons. The monoisotopic (exact) mass is 284 g/mol. The van der Waals surface area contributed by atoms with E-state index in [2.05, 4.69) is 42.2 Å². The Bertz CT molecular complexity index is 567. The smallest absolute Gasteiger partial charge is 0.125 e. The molecule has 2 aromatic carbocycles. The molecule has 2 aromatic rings. The predicted octanol–water partition coefficient (Wildman–Crippen LogP) is 3.74. The summed E-state index contributed by atoms with van der Waals surface area (Å²) in [5.41, 5.74) is 9.68. The van der Waals surface area contributed by atoms with Crippen LogP contribution in [0.4, 0.5) is 5.69 Å². The van der Waals surface area contributed by atoms with Gasteiger partial charge in [0.15, 0.2) is 0 Å². The number of nitrogens with two attached hydrogens (primary N) is 1. The third-order valence-corrected chi connectivity index (χ3v) is 3.66. The van der Waals surface area contributed by atoms with Crippen molar-refractivity contribution in [3.8, 4) is 5.75 Å². The van der Waals surface area contributed by atoms with Crippen LogP contribution >= 0.6 is 0 Å². The fourth-order valence-electron chi connectivity index (χ4n) is 2.61. The maximum absolute atomic E-state index is 6.17. The molecule has 1 atom stereocenters. The Balaban J connectivity index is 2.38. The van der Waals surface area contributed by atoms with Gasteiger partial charge in [-0.25, -0.2) is 0 Å². The van der Waals surface area contributed by atoms with Crippen molar-refractivity contribution in [1.82, 2.24) is 0 Å². The summed E-state index contributed by atoms with van der Waals surface area (Å²) in [5.74, 6) is 0.856. The van der Waals surface area contributed by atoms with Crippen LogP contribution in [0.15, 0.2) is 48.5 Å². The molecule has 3 nitrogen and oxygen atoms in total. The fourth-order valence-corrected chi connectivity index (χ4v) is 2.61. The predicted molar refractivity (Wildman–Crippen MR) is 88.8 cm³/mol. The van der Waals surface area contributed by atoms with E-state index >= 15 is 0 Å². The van der Waals surface area contributed by atoms with Crippen LogP contribution in [0.3, 0.4) is 0 Å². The summed E-state index contributed by atoms with van der Waals surface area (Å²) in [4.78, 5) is 2.33. The maximum atomic E-state index is 6.17. The average Bonchev–Trinajstić information content (AvgIpc) is 2.52. The van der Waals surface area contributed by atoms with Gasteiger partial charge in [0.05, 0.1) is 7.11 Å². The molecular formula is C18H24N2O. The van der Waals surface area contributed by atoms with E-state index in [4.69, 9.17) is 10.5 Å². The van der Waals surface area contributed by atoms with Gasteiger partial charge >= 0.3 is 0 Å². The van der Waals surface area contributed by atoms with Crippen molar-refractivity contribution < 1.29 is 4.74 Å². The van der Waals surface area contributed by atoms with Gasteiger partial charge in [0.2, 0.25) is 0 Å². The van der Waals surface area contributed by atoms with Crippen LogP contribution in [0.2, 0.25) is 0 Å². The Hall–Kier alpha value is -2.00. The summed E-state index contributed by atoms with van der Waals surface area (Å²) in [6.07, 6.45) is 0. The second-order valence-corrected chi connectivity index (χ2v) is 5.18. The fraction of sp³-hybridized carbons (Fsp3) is 0.333.